The van der Waals surface area contributed by atoms with Crippen LogP contribution in [0.3, 0.4) is 0 Å². The summed E-state index contributed by atoms with van der Waals surface area (Å²) >= 11 is 0. The molecule has 3 aromatic rings. The van der Waals surface area contributed by atoms with Crippen LogP contribution in [0.5, 0.6) is 5.75 Å². The van der Waals surface area contributed by atoms with Gasteiger partial charge in [0.15, 0.2) is 5.56 Å². The fraction of sp³-hybridized carbons (Fsp3) is 0.200. The maximum Gasteiger partial charge on any atom is 0.455 e. The Morgan fingerprint density at radius 3 is 2.41 bits per heavy atom. The largest absolute Gasteiger partial charge is 0.506 e. The first-order valence-electron chi connectivity index (χ1n) is 8.09. The Morgan fingerprint density at radius 2 is 1.74 bits per heavy atom. The molecule has 2 aromatic carbocycles. The van der Waals surface area contributed by atoms with Gasteiger partial charge in [-0.25, -0.2) is 4.79 Å². The molecule has 0 bridgehead atoms. The molecule has 0 atom stereocenters. The number of halogens is 3. The molecule has 4 rings (SSSR count). The van der Waals surface area contributed by atoms with Gasteiger partial charge in [0.05, 0.1) is 5.39 Å². The summed E-state index contributed by atoms with van der Waals surface area (Å²) in [5.74, 6) is -3.45. The zero-order valence-electron chi connectivity index (χ0n) is 14.3. The van der Waals surface area contributed by atoms with E-state index in [1.807, 2.05) is 38.1 Å². The molecule has 0 spiro atoms. The summed E-state index contributed by atoms with van der Waals surface area (Å²) in [5.41, 5.74) is -0.0231. The molecule has 0 fully saturated rings. The highest BCUT2D eigenvalue weighted by Gasteiger charge is 2.44. The molecule has 0 aliphatic heterocycles. The van der Waals surface area contributed by atoms with E-state index in [1.54, 1.807) is 0 Å². The third-order valence-electron chi connectivity index (χ3n) is 5.07. The minimum Gasteiger partial charge on any atom is -0.506 e. The number of carbonyl (C=O) groups is 1. The average molecular weight is 374 g/mol. The van der Waals surface area contributed by atoms with Crippen LogP contribution in [-0.2, 0) is 5.41 Å². The minimum absolute atomic E-state index is 0.0733. The van der Waals surface area contributed by atoms with Gasteiger partial charge in [-0.15, -0.1) is 0 Å². The van der Waals surface area contributed by atoms with E-state index in [0.29, 0.717) is 5.56 Å². The van der Waals surface area contributed by atoms with Gasteiger partial charge in [0.2, 0.25) is 0 Å². The van der Waals surface area contributed by atoms with Crippen molar-refractivity contribution in [1.29, 1.82) is 0 Å². The maximum absolute atomic E-state index is 12.8. The predicted octanol–water partition coefficient (Wildman–Crippen LogP) is 4.55. The molecule has 1 heterocycles. The SMILES string of the molecule is CC1(C)c2ccccc2-c2cc3c(O)c(C(=O)C(F)(F)F)c(=O)oc3cc21. The van der Waals surface area contributed by atoms with E-state index in [4.69, 9.17) is 4.42 Å². The molecule has 0 unspecified atom stereocenters. The quantitative estimate of drug-likeness (QED) is 0.501. The van der Waals surface area contributed by atoms with Crippen molar-refractivity contribution >= 4 is 16.8 Å². The third kappa shape index (κ3) is 2.31. The summed E-state index contributed by atoms with van der Waals surface area (Å²) in [6.45, 7) is 3.95. The van der Waals surface area contributed by atoms with E-state index in [-0.39, 0.29) is 11.0 Å². The van der Waals surface area contributed by atoms with Crippen LogP contribution < -0.4 is 5.63 Å². The Morgan fingerprint density at radius 1 is 1.07 bits per heavy atom. The summed E-state index contributed by atoms with van der Waals surface area (Å²) in [7, 11) is 0. The van der Waals surface area contributed by atoms with Gasteiger partial charge in [-0.1, -0.05) is 38.1 Å². The molecule has 0 amide bonds. The Kier molecular flexibility index (Phi) is 3.35. The minimum atomic E-state index is -5.30. The monoisotopic (exact) mass is 374 g/mol. The van der Waals surface area contributed by atoms with E-state index in [9.17, 15) is 27.9 Å². The standard InChI is InChI=1S/C20H13F3O4/c1-19(2)12-6-4-3-5-9(12)10-7-11-14(8-13(10)19)27-18(26)15(16(11)24)17(25)20(21,22)23/h3-8,24H,1-2H3. The van der Waals surface area contributed by atoms with Crippen molar-refractivity contribution in [3.8, 4) is 16.9 Å². The molecule has 0 saturated heterocycles. The third-order valence-corrected chi connectivity index (χ3v) is 5.07. The Hall–Kier alpha value is -3.09. The first-order valence-corrected chi connectivity index (χ1v) is 8.09. The highest BCUT2D eigenvalue weighted by molar-refractivity contribution is 6.06. The first-order chi connectivity index (χ1) is 12.5. The molecule has 27 heavy (non-hydrogen) atoms. The van der Waals surface area contributed by atoms with E-state index in [2.05, 4.69) is 0 Å². The second kappa shape index (κ2) is 5.22. The molecule has 138 valence electrons. The van der Waals surface area contributed by atoms with Crippen LogP contribution in [0.1, 0.15) is 35.3 Å². The number of ketones is 1. The Labute approximate surface area is 150 Å². The molecule has 1 aromatic heterocycles. The summed E-state index contributed by atoms with van der Waals surface area (Å²) in [6.07, 6.45) is -5.30. The highest BCUT2D eigenvalue weighted by Crippen LogP contribution is 2.50. The van der Waals surface area contributed by atoms with Crippen LogP contribution in [0.2, 0.25) is 0 Å². The smallest absolute Gasteiger partial charge is 0.455 e. The predicted molar refractivity (Wildman–Crippen MR) is 92.1 cm³/mol. The van der Waals surface area contributed by atoms with Gasteiger partial charge in [-0.3, -0.25) is 4.79 Å². The van der Waals surface area contributed by atoms with Crippen LogP contribution in [0.15, 0.2) is 45.6 Å². The molecule has 4 nitrogen and oxygen atoms in total. The lowest BCUT2D eigenvalue weighted by molar-refractivity contribution is -0.0888. The van der Waals surface area contributed by atoms with E-state index < -0.39 is 34.3 Å². The summed E-state index contributed by atoms with van der Waals surface area (Å²) < 4.78 is 43.3. The number of aromatic hydroxyl groups is 1. The topological polar surface area (TPSA) is 67.5 Å². The second-order valence-electron chi connectivity index (χ2n) is 7.00. The Bertz CT molecular complexity index is 1190. The van der Waals surface area contributed by atoms with Crippen molar-refractivity contribution < 1.29 is 27.5 Å². The van der Waals surface area contributed by atoms with Gasteiger partial charge in [0.25, 0.3) is 5.78 Å². The second-order valence-corrected chi connectivity index (χ2v) is 7.00. The van der Waals surface area contributed by atoms with E-state index in [0.717, 1.165) is 16.7 Å². The van der Waals surface area contributed by atoms with Gasteiger partial charge in [0.1, 0.15) is 11.3 Å². The van der Waals surface area contributed by atoms with Crippen molar-refractivity contribution in [1.82, 2.24) is 0 Å². The molecular formula is C20H13F3O4. The van der Waals surface area contributed by atoms with Crippen LogP contribution in [0.4, 0.5) is 13.2 Å². The van der Waals surface area contributed by atoms with Crippen LogP contribution in [0, 0.1) is 0 Å². The summed E-state index contributed by atoms with van der Waals surface area (Å²) in [5, 5.41) is 10.2. The first kappa shape index (κ1) is 17.3. The van der Waals surface area contributed by atoms with Crippen LogP contribution >= 0.6 is 0 Å². The van der Waals surface area contributed by atoms with Gasteiger partial charge in [-0.05, 0) is 34.4 Å². The molecule has 1 N–H and O–H groups in total. The van der Waals surface area contributed by atoms with Crippen molar-refractivity contribution in [2.24, 2.45) is 0 Å². The number of benzene rings is 2. The van der Waals surface area contributed by atoms with Crippen LogP contribution in [-0.4, -0.2) is 17.1 Å². The molecule has 0 radical (unpaired) electrons. The molecule has 1 aliphatic carbocycles. The zero-order chi connectivity index (χ0) is 19.7. The summed E-state index contributed by atoms with van der Waals surface area (Å²) in [6, 6.07) is 10.5. The van der Waals surface area contributed by atoms with Crippen molar-refractivity contribution in [2.45, 2.75) is 25.4 Å². The zero-order valence-corrected chi connectivity index (χ0v) is 14.3. The number of carbonyl (C=O) groups excluding carboxylic acids is 1. The van der Waals surface area contributed by atoms with Gasteiger partial charge in [0, 0.05) is 5.41 Å². The van der Waals surface area contributed by atoms with Gasteiger partial charge in [-0.2, -0.15) is 13.2 Å². The van der Waals surface area contributed by atoms with Crippen LogP contribution in [0.25, 0.3) is 22.1 Å². The summed E-state index contributed by atoms with van der Waals surface area (Å²) in [4.78, 5) is 23.5. The fourth-order valence-electron chi connectivity index (χ4n) is 3.72. The number of hydrogen-bond donors (Lipinski definition) is 1. The normalized spacial score (nSPS) is 14.9. The number of alkyl halides is 3. The lowest BCUT2D eigenvalue weighted by Crippen LogP contribution is -2.28. The van der Waals surface area contributed by atoms with E-state index in [1.165, 1.54) is 12.1 Å². The van der Waals surface area contributed by atoms with Gasteiger partial charge < -0.3 is 9.52 Å². The molecule has 1 aliphatic rings. The van der Waals surface area contributed by atoms with Crippen molar-refractivity contribution in [2.75, 3.05) is 0 Å². The number of Topliss-reactive ketones (excluding diaryl/α,β-unsaturated/α-hetero) is 1. The number of fused-ring (bicyclic) bond motifs is 4. The van der Waals surface area contributed by atoms with Crippen molar-refractivity contribution in [3.05, 3.63) is 63.5 Å². The molecule has 7 heteroatoms. The maximum atomic E-state index is 12.8. The molecule has 0 saturated carbocycles. The Balaban J connectivity index is 2.07. The number of rotatable bonds is 1. The fourth-order valence-corrected chi connectivity index (χ4v) is 3.72. The van der Waals surface area contributed by atoms with E-state index >= 15 is 0 Å². The molecular weight excluding hydrogens is 361 g/mol. The van der Waals surface area contributed by atoms with Crippen molar-refractivity contribution in [3.63, 3.8) is 0 Å². The highest BCUT2D eigenvalue weighted by atomic mass is 19.4. The lowest BCUT2D eigenvalue weighted by Gasteiger charge is -2.21. The average Bonchev–Trinajstić information content (AvgIpc) is 2.81. The number of hydrogen-bond acceptors (Lipinski definition) is 4. The lowest BCUT2D eigenvalue weighted by atomic mass is 9.82. The van der Waals surface area contributed by atoms with Gasteiger partial charge >= 0.3 is 11.8 Å².